The molecule has 1 saturated heterocycles. The summed E-state index contributed by atoms with van der Waals surface area (Å²) >= 11 is 0. The average Bonchev–Trinajstić information content (AvgIpc) is 2.55. The van der Waals surface area contributed by atoms with E-state index in [1.807, 2.05) is 4.90 Å². The van der Waals surface area contributed by atoms with Crippen molar-refractivity contribution in [1.29, 1.82) is 0 Å². The zero-order valence-electron chi connectivity index (χ0n) is 12.0. The third-order valence-corrected chi connectivity index (χ3v) is 3.73. The quantitative estimate of drug-likeness (QED) is 0.899. The van der Waals surface area contributed by atoms with E-state index < -0.39 is 17.2 Å². The molecule has 1 aromatic rings. The van der Waals surface area contributed by atoms with Crippen LogP contribution in [0.1, 0.15) is 26.2 Å². The molecule has 1 aliphatic heterocycles. The summed E-state index contributed by atoms with van der Waals surface area (Å²) in [6.45, 7) is 3.20. The van der Waals surface area contributed by atoms with Crippen molar-refractivity contribution in [2.24, 2.45) is 0 Å². The van der Waals surface area contributed by atoms with Crippen molar-refractivity contribution in [3.63, 3.8) is 0 Å². The number of amides is 1. The smallest absolute Gasteiger partial charge is 0.238 e. The van der Waals surface area contributed by atoms with Crippen LogP contribution in [0.25, 0.3) is 0 Å². The van der Waals surface area contributed by atoms with E-state index in [0.29, 0.717) is 25.9 Å². The van der Waals surface area contributed by atoms with Gasteiger partial charge >= 0.3 is 0 Å². The van der Waals surface area contributed by atoms with E-state index in [9.17, 15) is 18.7 Å². The minimum atomic E-state index is -0.695. The highest BCUT2D eigenvalue weighted by Crippen LogP contribution is 2.21. The van der Waals surface area contributed by atoms with Gasteiger partial charge in [-0.25, -0.2) is 8.78 Å². The topological polar surface area (TPSA) is 52.6 Å². The normalized spacial score (nSPS) is 23.6. The number of carbonyl (C=O) groups is 1. The molecular weight excluding hydrogens is 278 g/mol. The van der Waals surface area contributed by atoms with Gasteiger partial charge in [-0.05, 0) is 44.9 Å². The molecule has 4 nitrogen and oxygen atoms in total. The molecule has 1 unspecified atom stereocenters. The summed E-state index contributed by atoms with van der Waals surface area (Å²) in [4.78, 5) is 13.8. The van der Waals surface area contributed by atoms with Crippen LogP contribution < -0.4 is 5.32 Å². The van der Waals surface area contributed by atoms with Crippen LogP contribution in [0.5, 0.6) is 0 Å². The van der Waals surface area contributed by atoms with Crippen LogP contribution in [-0.4, -0.2) is 41.1 Å². The van der Waals surface area contributed by atoms with Gasteiger partial charge in [-0.2, -0.15) is 0 Å². The fraction of sp³-hybridized carbons (Fsp3) is 0.533. The lowest BCUT2D eigenvalue weighted by Gasteiger charge is -2.22. The maximum Gasteiger partial charge on any atom is 0.238 e. The number of likely N-dealkylation sites (tertiary alicyclic amines) is 1. The summed E-state index contributed by atoms with van der Waals surface area (Å²) in [7, 11) is 0. The highest BCUT2D eigenvalue weighted by atomic mass is 19.1. The lowest BCUT2D eigenvalue weighted by atomic mass is 9.98. The van der Waals surface area contributed by atoms with Crippen molar-refractivity contribution < 1.29 is 18.7 Å². The van der Waals surface area contributed by atoms with Gasteiger partial charge in [-0.15, -0.1) is 0 Å². The fourth-order valence-corrected chi connectivity index (χ4v) is 2.46. The molecule has 2 N–H and O–H groups in total. The van der Waals surface area contributed by atoms with Crippen molar-refractivity contribution in [3.8, 4) is 0 Å². The van der Waals surface area contributed by atoms with Crippen LogP contribution >= 0.6 is 0 Å². The first-order valence-electron chi connectivity index (χ1n) is 7.05. The number of carbonyl (C=O) groups excluding carboxylic acids is 1. The Kier molecular flexibility index (Phi) is 4.90. The third-order valence-electron chi connectivity index (χ3n) is 3.73. The van der Waals surface area contributed by atoms with E-state index in [1.54, 1.807) is 6.92 Å². The molecule has 116 valence electrons. The largest absolute Gasteiger partial charge is 0.390 e. The van der Waals surface area contributed by atoms with Crippen molar-refractivity contribution in [3.05, 3.63) is 29.8 Å². The second kappa shape index (κ2) is 6.49. The fourth-order valence-electron chi connectivity index (χ4n) is 2.46. The molecule has 0 aliphatic carbocycles. The number of hydrogen-bond donors (Lipinski definition) is 2. The van der Waals surface area contributed by atoms with Gasteiger partial charge in [0.2, 0.25) is 5.91 Å². The monoisotopic (exact) mass is 298 g/mol. The van der Waals surface area contributed by atoms with E-state index in [4.69, 9.17) is 0 Å². The average molecular weight is 298 g/mol. The second-order valence-corrected chi connectivity index (χ2v) is 5.80. The number of nitrogens with one attached hydrogen (secondary N) is 1. The number of hydrogen-bond acceptors (Lipinski definition) is 3. The first-order valence-corrected chi connectivity index (χ1v) is 7.05. The number of rotatable bonds is 3. The van der Waals surface area contributed by atoms with E-state index in [0.717, 1.165) is 24.6 Å². The van der Waals surface area contributed by atoms with Crippen LogP contribution in [0.2, 0.25) is 0 Å². The first-order chi connectivity index (χ1) is 9.85. The van der Waals surface area contributed by atoms with E-state index in [-0.39, 0.29) is 18.1 Å². The van der Waals surface area contributed by atoms with Gasteiger partial charge in [0, 0.05) is 12.6 Å². The number of anilines is 1. The molecule has 2 rings (SSSR count). The SMILES string of the molecule is CC1(O)CCCN(CC(=O)Nc2cc(F)ccc2F)CC1. The molecule has 0 bridgehead atoms. The molecule has 0 radical (unpaired) electrons. The lowest BCUT2D eigenvalue weighted by Crippen LogP contribution is -2.35. The lowest BCUT2D eigenvalue weighted by molar-refractivity contribution is -0.117. The van der Waals surface area contributed by atoms with Gasteiger partial charge in [-0.1, -0.05) is 0 Å². The highest BCUT2D eigenvalue weighted by molar-refractivity contribution is 5.92. The van der Waals surface area contributed by atoms with E-state index >= 15 is 0 Å². The van der Waals surface area contributed by atoms with Gasteiger partial charge in [0.1, 0.15) is 11.6 Å². The van der Waals surface area contributed by atoms with Crippen molar-refractivity contribution in [2.45, 2.75) is 31.8 Å². The maximum absolute atomic E-state index is 13.4. The minimum Gasteiger partial charge on any atom is -0.390 e. The summed E-state index contributed by atoms with van der Waals surface area (Å²) in [5.41, 5.74) is -0.846. The number of aliphatic hydroxyl groups is 1. The highest BCUT2D eigenvalue weighted by Gasteiger charge is 2.25. The zero-order valence-corrected chi connectivity index (χ0v) is 12.0. The number of benzene rings is 1. The Labute approximate surface area is 122 Å². The van der Waals surface area contributed by atoms with Crippen LogP contribution in [0.3, 0.4) is 0 Å². The third kappa shape index (κ3) is 4.75. The molecule has 1 fully saturated rings. The first kappa shape index (κ1) is 15.9. The zero-order chi connectivity index (χ0) is 15.5. The molecule has 1 atom stereocenters. The summed E-state index contributed by atoms with van der Waals surface area (Å²) in [6, 6.07) is 2.94. The molecule has 0 aromatic heterocycles. The maximum atomic E-state index is 13.4. The molecule has 1 aromatic carbocycles. The van der Waals surface area contributed by atoms with Crippen molar-refractivity contribution in [1.82, 2.24) is 4.90 Å². The molecule has 6 heteroatoms. The molecule has 1 aliphatic rings. The Balaban J connectivity index is 1.91. The van der Waals surface area contributed by atoms with Crippen LogP contribution in [0, 0.1) is 11.6 Å². The molecular formula is C15H20F2N2O2. The van der Waals surface area contributed by atoms with Crippen molar-refractivity contribution >= 4 is 11.6 Å². The number of halogens is 2. The van der Waals surface area contributed by atoms with Crippen LogP contribution in [0.15, 0.2) is 18.2 Å². The van der Waals surface area contributed by atoms with Gasteiger partial charge in [0.15, 0.2) is 0 Å². The van der Waals surface area contributed by atoms with E-state index in [1.165, 1.54) is 0 Å². The Morgan fingerprint density at radius 1 is 1.38 bits per heavy atom. The van der Waals surface area contributed by atoms with Crippen LogP contribution in [-0.2, 0) is 4.79 Å². The molecule has 1 heterocycles. The Hall–Kier alpha value is -1.53. The van der Waals surface area contributed by atoms with E-state index in [2.05, 4.69) is 5.32 Å². The minimum absolute atomic E-state index is 0.103. The van der Waals surface area contributed by atoms with Gasteiger partial charge < -0.3 is 10.4 Å². The van der Waals surface area contributed by atoms with Crippen LogP contribution in [0.4, 0.5) is 14.5 Å². The van der Waals surface area contributed by atoms with Crippen molar-refractivity contribution in [2.75, 3.05) is 25.0 Å². The molecule has 21 heavy (non-hydrogen) atoms. The molecule has 1 amide bonds. The Morgan fingerprint density at radius 2 is 2.14 bits per heavy atom. The number of nitrogens with zero attached hydrogens (tertiary/aromatic N) is 1. The van der Waals surface area contributed by atoms with Gasteiger partial charge in [-0.3, -0.25) is 9.69 Å². The summed E-state index contributed by atoms with van der Waals surface area (Å²) in [6.07, 6.45) is 2.09. The molecule has 0 spiro atoms. The Bertz CT molecular complexity index is 520. The standard InChI is InChI=1S/C15H20F2N2O2/c1-15(21)5-2-7-19(8-6-15)10-14(20)18-13-9-11(16)3-4-12(13)17/h3-4,9,21H,2,5-8,10H2,1H3,(H,18,20). The predicted molar refractivity (Wildman–Crippen MR) is 75.9 cm³/mol. The summed E-state index contributed by atoms with van der Waals surface area (Å²) in [5.74, 6) is -1.65. The van der Waals surface area contributed by atoms with Gasteiger partial charge in [0.25, 0.3) is 0 Å². The second-order valence-electron chi connectivity index (χ2n) is 5.80. The summed E-state index contributed by atoms with van der Waals surface area (Å²) in [5, 5.41) is 12.4. The Morgan fingerprint density at radius 3 is 2.90 bits per heavy atom. The predicted octanol–water partition coefficient (Wildman–Crippen LogP) is 2.14. The summed E-state index contributed by atoms with van der Waals surface area (Å²) < 4.78 is 26.5. The molecule has 0 saturated carbocycles. The van der Waals surface area contributed by atoms with Gasteiger partial charge in [0.05, 0.1) is 17.8 Å².